The molecule has 0 aromatic carbocycles. The fraction of sp³-hybridized carbons (Fsp3) is 0.833. The van der Waals surface area contributed by atoms with E-state index in [0.29, 0.717) is 11.7 Å². The Morgan fingerprint density at radius 1 is 1.18 bits per heavy atom. The predicted molar refractivity (Wildman–Crippen MR) is 61.2 cm³/mol. The molecule has 1 saturated heterocycles. The van der Waals surface area contributed by atoms with Crippen molar-refractivity contribution in [3.8, 4) is 0 Å². The van der Waals surface area contributed by atoms with Crippen molar-refractivity contribution < 1.29 is 9.26 Å². The van der Waals surface area contributed by atoms with E-state index < -0.39 is 5.54 Å². The molecule has 0 bridgehead atoms. The first kappa shape index (κ1) is 11.2. The number of aromatic nitrogens is 2. The molecule has 2 fully saturated rings. The minimum Gasteiger partial charge on any atom is -0.367 e. The Hall–Kier alpha value is -0.940. The summed E-state index contributed by atoms with van der Waals surface area (Å²) in [5.41, 5.74) is 5.52. The largest absolute Gasteiger partial charge is 0.367 e. The van der Waals surface area contributed by atoms with Crippen LogP contribution in [0.4, 0.5) is 0 Å². The van der Waals surface area contributed by atoms with Crippen LogP contribution in [0.15, 0.2) is 4.52 Å². The molecule has 0 amide bonds. The number of hydrogen-bond acceptors (Lipinski definition) is 5. The van der Waals surface area contributed by atoms with Crippen molar-refractivity contribution in [1.29, 1.82) is 0 Å². The first-order valence-corrected chi connectivity index (χ1v) is 6.40. The standard InChI is InChI=1S/C12H19N3O2/c1-11(5-4-8-16-11)9-14-10(17-15-9)12(13)6-2-3-7-12/h2-8,13H2,1H3. The van der Waals surface area contributed by atoms with Crippen molar-refractivity contribution in [2.24, 2.45) is 5.73 Å². The number of rotatable bonds is 2. The van der Waals surface area contributed by atoms with Gasteiger partial charge in [-0.1, -0.05) is 18.0 Å². The number of ether oxygens (including phenoxy) is 1. The molecule has 1 aliphatic heterocycles. The Morgan fingerprint density at radius 3 is 2.59 bits per heavy atom. The molecular formula is C12H19N3O2. The fourth-order valence-corrected chi connectivity index (χ4v) is 2.82. The van der Waals surface area contributed by atoms with Gasteiger partial charge in [-0.05, 0) is 32.6 Å². The summed E-state index contributed by atoms with van der Waals surface area (Å²) in [7, 11) is 0. The van der Waals surface area contributed by atoms with E-state index in [9.17, 15) is 0 Å². The lowest BCUT2D eigenvalue weighted by molar-refractivity contribution is 0.00768. The highest BCUT2D eigenvalue weighted by molar-refractivity contribution is 5.08. The van der Waals surface area contributed by atoms with E-state index in [1.807, 2.05) is 6.92 Å². The molecule has 94 valence electrons. The van der Waals surface area contributed by atoms with Gasteiger partial charge < -0.3 is 15.0 Å². The van der Waals surface area contributed by atoms with Crippen LogP contribution < -0.4 is 5.73 Å². The van der Waals surface area contributed by atoms with Crippen molar-refractivity contribution in [2.75, 3.05) is 6.61 Å². The van der Waals surface area contributed by atoms with Gasteiger partial charge in [0.25, 0.3) is 0 Å². The second kappa shape index (κ2) is 3.78. The number of hydrogen-bond donors (Lipinski definition) is 1. The Kier molecular flexibility index (Phi) is 2.48. The van der Waals surface area contributed by atoms with E-state index in [1.54, 1.807) is 0 Å². The lowest BCUT2D eigenvalue weighted by Crippen LogP contribution is -2.33. The lowest BCUT2D eigenvalue weighted by atomic mass is 9.99. The highest BCUT2D eigenvalue weighted by Crippen LogP contribution is 2.38. The third-order valence-corrected chi connectivity index (χ3v) is 4.04. The molecule has 5 nitrogen and oxygen atoms in total. The molecule has 2 aliphatic rings. The van der Waals surface area contributed by atoms with Crippen LogP contribution in [-0.2, 0) is 15.9 Å². The molecule has 1 unspecified atom stereocenters. The monoisotopic (exact) mass is 237 g/mol. The molecule has 5 heteroatoms. The highest BCUT2D eigenvalue weighted by atomic mass is 16.5. The minimum absolute atomic E-state index is 0.378. The van der Waals surface area contributed by atoms with Gasteiger partial charge in [-0.2, -0.15) is 4.98 Å². The fourth-order valence-electron chi connectivity index (χ4n) is 2.82. The smallest absolute Gasteiger partial charge is 0.246 e. The van der Waals surface area contributed by atoms with Gasteiger partial charge in [-0.25, -0.2) is 0 Å². The van der Waals surface area contributed by atoms with Gasteiger partial charge in [0.2, 0.25) is 11.7 Å². The van der Waals surface area contributed by atoms with Crippen LogP contribution in [0.5, 0.6) is 0 Å². The van der Waals surface area contributed by atoms with Crippen LogP contribution in [0.25, 0.3) is 0 Å². The van der Waals surface area contributed by atoms with Crippen LogP contribution in [0.2, 0.25) is 0 Å². The maximum absolute atomic E-state index is 6.30. The van der Waals surface area contributed by atoms with Crippen molar-refractivity contribution in [1.82, 2.24) is 10.1 Å². The second-order valence-corrected chi connectivity index (χ2v) is 5.47. The first-order valence-electron chi connectivity index (χ1n) is 6.40. The molecular weight excluding hydrogens is 218 g/mol. The first-order chi connectivity index (χ1) is 8.12. The minimum atomic E-state index is -0.403. The summed E-state index contributed by atoms with van der Waals surface area (Å²) in [4.78, 5) is 4.49. The molecule has 1 aliphatic carbocycles. The van der Waals surface area contributed by atoms with Gasteiger partial charge in [0.1, 0.15) is 5.60 Å². The van der Waals surface area contributed by atoms with Gasteiger partial charge in [0.15, 0.2) is 0 Å². The third-order valence-electron chi connectivity index (χ3n) is 4.04. The zero-order valence-electron chi connectivity index (χ0n) is 10.2. The lowest BCUT2D eigenvalue weighted by Gasteiger charge is -2.19. The topological polar surface area (TPSA) is 74.2 Å². The number of nitrogens with zero attached hydrogens (tertiary/aromatic N) is 2. The molecule has 1 aromatic heterocycles. The third kappa shape index (κ3) is 1.77. The van der Waals surface area contributed by atoms with E-state index >= 15 is 0 Å². The van der Waals surface area contributed by atoms with E-state index in [-0.39, 0.29) is 5.60 Å². The summed E-state index contributed by atoms with van der Waals surface area (Å²) in [6, 6.07) is 0. The molecule has 1 atom stereocenters. The normalized spacial score (nSPS) is 32.1. The van der Waals surface area contributed by atoms with Gasteiger partial charge in [0, 0.05) is 6.61 Å². The molecule has 1 saturated carbocycles. The van der Waals surface area contributed by atoms with Crippen LogP contribution in [-0.4, -0.2) is 16.7 Å². The molecule has 2 heterocycles. The van der Waals surface area contributed by atoms with E-state index in [2.05, 4.69) is 10.1 Å². The van der Waals surface area contributed by atoms with Gasteiger partial charge in [0.05, 0.1) is 5.54 Å². The zero-order chi connectivity index (χ0) is 11.9. The molecule has 17 heavy (non-hydrogen) atoms. The van der Waals surface area contributed by atoms with Crippen molar-refractivity contribution in [3.05, 3.63) is 11.7 Å². The number of nitrogens with two attached hydrogens (primary N) is 1. The second-order valence-electron chi connectivity index (χ2n) is 5.47. The summed E-state index contributed by atoms with van der Waals surface area (Å²) in [6.45, 7) is 2.79. The van der Waals surface area contributed by atoms with Crippen molar-refractivity contribution >= 4 is 0 Å². The van der Waals surface area contributed by atoms with Crippen molar-refractivity contribution in [2.45, 2.75) is 56.6 Å². The maximum atomic E-state index is 6.30. The maximum Gasteiger partial charge on any atom is 0.246 e. The van der Waals surface area contributed by atoms with E-state index in [4.69, 9.17) is 15.0 Å². The zero-order valence-corrected chi connectivity index (χ0v) is 10.2. The highest BCUT2D eigenvalue weighted by Gasteiger charge is 2.41. The molecule has 0 radical (unpaired) electrons. The summed E-state index contributed by atoms with van der Waals surface area (Å²) < 4.78 is 11.1. The SMILES string of the molecule is CC1(c2noc(C3(N)CCCC3)n2)CCCO1. The van der Waals surface area contributed by atoms with Crippen LogP contribution >= 0.6 is 0 Å². The van der Waals surface area contributed by atoms with Gasteiger partial charge >= 0.3 is 0 Å². The Balaban J connectivity index is 1.87. The van der Waals surface area contributed by atoms with Crippen molar-refractivity contribution in [3.63, 3.8) is 0 Å². The average molecular weight is 237 g/mol. The van der Waals surface area contributed by atoms with E-state index in [0.717, 1.165) is 45.1 Å². The summed E-state index contributed by atoms with van der Waals surface area (Å²) in [6.07, 6.45) is 6.15. The Labute approximate surface area is 101 Å². The van der Waals surface area contributed by atoms with Gasteiger partial charge in [-0.3, -0.25) is 0 Å². The molecule has 0 spiro atoms. The Bertz CT molecular complexity index is 367. The van der Waals surface area contributed by atoms with Crippen LogP contribution in [0.1, 0.15) is 57.2 Å². The van der Waals surface area contributed by atoms with E-state index in [1.165, 1.54) is 0 Å². The quantitative estimate of drug-likeness (QED) is 0.849. The average Bonchev–Trinajstić information content (AvgIpc) is 2.97. The van der Waals surface area contributed by atoms with Crippen LogP contribution in [0.3, 0.4) is 0 Å². The summed E-state index contributed by atoms with van der Waals surface area (Å²) >= 11 is 0. The molecule has 1 aromatic rings. The molecule has 3 rings (SSSR count). The summed E-state index contributed by atoms with van der Waals surface area (Å²) in [5, 5.41) is 4.07. The molecule has 2 N–H and O–H groups in total. The van der Waals surface area contributed by atoms with Crippen LogP contribution in [0, 0.1) is 0 Å². The summed E-state index contributed by atoms with van der Waals surface area (Å²) in [5.74, 6) is 1.24. The predicted octanol–water partition coefficient (Wildman–Crippen LogP) is 1.82. The van der Waals surface area contributed by atoms with Gasteiger partial charge in [-0.15, -0.1) is 0 Å². The Morgan fingerprint density at radius 2 is 1.94 bits per heavy atom.